The Hall–Kier alpha value is -2.83. The third-order valence-corrected chi connectivity index (χ3v) is 4.42. The van der Waals surface area contributed by atoms with E-state index in [0.29, 0.717) is 28.0 Å². The van der Waals surface area contributed by atoms with Crippen LogP contribution in [-0.4, -0.2) is 22.1 Å². The second kappa shape index (κ2) is 8.91. The molecule has 28 heavy (non-hydrogen) atoms. The first-order valence-corrected chi connectivity index (χ1v) is 9.26. The molecule has 3 rings (SSSR count). The van der Waals surface area contributed by atoms with Crippen molar-refractivity contribution in [3.63, 3.8) is 0 Å². The number of nitrogens with one attached hydrogen (secondary N) is 1. The summed E-state index contributed by atoms with van der Waals surface area (Å²) in [5, 5.41) is 3.43. The lowest BCUT2D eigenvalue weighted by Gasteiger charge is -2.10. The van der Waals surface area contributed by atoms with Gasteiger partial charge in [0.2, 0.25) is 5.91 Å². The first-order valence-electron chi connectivity index (χ1n) is 8.51. The highest BCUT2D eigenvalue weighted by Crippen LogP contribution is 2.25. The minimum Gasteiger partial charge on any atom is -0.494 e. The lowest BCUT2D eigenvalue weighted by molar-refractivity contribution is -0.116. The van der Waals surface area contributed by atoms with Gasteiger partial charge in [-0.25, -0.2) is 4.98 Å². The van der Waals surface area contributed by atoms with E-state index in [0.717, 1.165) is 11.3 Å². The summed E-state index contributed by atoms with van der Waals surface area (Å²) in [7, 11) is 0. The van der Waals surface area contributed by atoms with E-state index >= 15 is 0 Å². The fraction of sp³-hybridized carbons (Fsp3) is 0.150. The minimum absolute atomic E-state index is 0.196. The highest BCUT2D eigenvalue weighted by Gasteiger charge is 2.10. The Balaban J connectivity index is 1.72. The molecule has 0 aliphatic heterocycles. The van der Waals surface area contributed by atoms with Crippen molar-refractivity contribution in [1.82, 2.24) is 9.55 Å². The van der Waals surface area contributed by atoms with Gasteiger partial charge in [0.25, 0.3) is 5.56 Å². The number of amides is 1. The van der Waals surface area contributed by atoms with Crippen LogP contribution in [0.25, 0.3) is 11.3 Å². The van der Waals surface area contributed by atoms with Crippen molar-refractivity contribution in [3.05, 3.63) is 75.3 Å². The second-order valence-electron chi connectivity index (χ2n) is 5.87. The zero-order valence-electron chi connectivity index (χ0n) is 15.0. The molecule has 0 aliphatic carbocycles. The van der Waals surface area contributed by atoms with Gasteiger partial charge in [-0.2, -0.15) is 0 Å². The molecular weight excluding hydrogens is 401 g/mol. The molecule has 1 amide bonds. The van der Waals surface area contributed by atoms with Crippen LogP contribution in [0.4, 0.5) is 5.69 Å². The van der Waals surface area contributed by atoms with Crippen LogP contribution >= 0.6 is 23.2 Å². The maximum absolute atomic E-state index is 12.4. The van der Waals surface area contributed by atoms with Gasteiger partial charge < -0.3 is 10.1 Å². The standard InChI is InChI=1S/C20H17Cl2N3O3/c1-2-28-15-6-3-13(4-7-15)17-10-20(27)25(12-23-17)11-19(26)24-18-9-14(21)5-8-16(18)22/h3-10,12H,2,11H2,1H3,(H,24,26). The normalized spacial score (nSPS) is 10.5. The molecule has 0 saturated carbocycles. The number of nitrogens with zero attached hydrogens (tertiary/aromatic N) is 2. The first kappa shape index (κ1) is 19.9. The van der Waals surface area contributed by atoms with Gasteiger partial charge in [-0.3, -0.25) is 14.2 Å². The van der Waals surface area contributed by atoms with Crippen molar-refractivity contribution in [2.75, 3.05) is 11.9 Å². The van der Waals surface area contributed by atoms with E-state index < -0.39 is 5.91 Å². The average Bonchev–Trinajstić information content (AvgIpc) is 2.67. The Morgan fingerprint density at radius 3 is 2.57 bits per heavy atom. The largest absolute Gasteiger partial charge is 0.494 e. The zero-order chi connectivity index (χ0) is 20.1. The molecule has 8 heteroatoms. The van der Waals surface area contributed by atoms with Crippen LogP contribution < -0.4 is 15.6 Å². The maximum Gasteiger partial charge on any atom is 0.254 e. The van der Waals surface area contributed by atoms with E-state index in [1.807, 2.05) is 31.2 Å². The number of carbonyl (C=O) groups is 1. The number of hydrogen-bond acceptors (Lipinski definition) is 4. The molecule has 0 bridgehead atoms. The van der Waals surface area contributed by atoms with Gasteiger partial charge in [0.1, 0.15) is 12.3 Å². The number of benzene rings is 2. The lowest BCUT2D eigenvalue weighted by atomic mass is 10.1. The summed E-state index contributed by atoms with van der Waals surface area (Å²) in [5.74, 6) is 0.331. The molecule has 2 aromatic carbocycles. The fourth-order valence-electron chi connectivity index (χ4n) is 2.53. The maximum atomic E-state index is 12.4. The zero-order valence-corrected chi connectivity index (χ0v) is 16.5. The van der Waals surface area contributed by atoms with Crippen LogP contribution in [0.2, 0.25) is 10.0 Å². The van der Waals surface area contributed by atoms with Gasteiger partial charge >= 0.3 is 0 Å². The number of hydrogen-bond donors (Lipinski definition) is 1. The second-order valence-corrected chi connectivity index (χ2v) is 6.71. The summed E-state index contributed by atoms with van der Waals surface area (Å²) in [4.78, 5) is 28.9. The number of ether oxygens (including phenoxy) is 1. The molecule has 0 aliphatic rings. The van der Waals surface area contributed by atoms with Crippen molar-refractivity contribution < 1.29 is 9.53 Å². The Bertz CT molecular complexity index is 1050. The monoisotopic (exact) mass is 417 g/mol. The summed E-state index contributed by atoms with van der Waals surface area (Å²) in [6.45, 7) is 2.29. The van der Waals surface area contributed by atoms with Gasteiger partial charge in [-0.05, 0) is 49.4 Å². The van der Waals surface area contributed by atoms with Crippen LogP contribution in [0, 0.1) is 0 Å². The molecular formula is C20H17Cl2N3O3. The van der Waals surface area contributed by atoms with Crippen molar-refractivity contribution >= 4 is 34.8 Å². The summed E-state index contributed by atoms with van der Waals surface area (Å²) in [5.41, 5.74) is 1.34. The number of anilines is 1. The Morgan fingerprint density at radius 1 is 1.14 bits per heavy atom. The number of halogens is 2. The van der Waals surface area contributed by atoms with Gasteiger partial charge in [-0.1, -0.05) is 23.2 Å². The molecule has 0 unspecified atom stereocenters. The van der Waals surface area contributed by atoms with Crippen LogP contribution in [0.5, 0.6) is 5.75 Å². The molecule has 0 radical (unpaired) electrons. The number of aromatic nitrogens is 2. The van der Waals surface area contributed by atoms with Gasteiger partial charge in [0.15, 0.2) is 0 Å². The molecule has 144 valence electrons. The van der Waals surface area contributed by atoms with Crippen molar-refractivity contribution in [1.29, 1.82) is 0 Å². The molecule has 3 aromatic rings. The minimum atomic E-state index is -0.415. The molecule has 1 N–H and O–H groups in total. The molecule has 6 nitrogen and oxygen atoms in total. The molecule has 0 fully saturated rings. The first-order chi connectivity index (χ1) is 13.5. The van der Waals surface area contributed by atoms with Crippen molar-refractivity contribution in [3.8, 4) is 17.0 Å². The predicted molar refractivity (Wildman–Crippen MR) is 110 cm³/mol. The van der Waals surface area contributed by atoms with Gasteiger partial charge in [0.05, 0.1) is 29.3 Å². The lowest BCUT2D eigenvalue weighted by Crippen LogP contribution is -2.27. The van der Waals surface area contributed by atoms with Crippen molar-refractivity contribution in [2.45, 2.75) is 13.5 Å². The summed E-state index contributed by atoms with van der Waals surface area (Å²) < 4.78 is 6.61. The highest BCUT2D eigenvalue weighted by atomic mass is 35.5. The van der Waals surface area contributed by atoms with Crippen LogP contribution in [0.15, 0.2) is 59.7 Å². The van der Waals surface area contributed by atoms with E-state index in [9.17, 15) is 9.59 Å². The Labute approximate surface area is 171 Å². The van der Waals surface area contributed by atoms with E-state index in [4.69, 9.17) is 27.9 Å². The molecule has 1 aromatic heterocycles. The van der Waals surface area contributed by atoms with E-state index in [2.05, 4.69) is 10.3 Å². The molecule has 1 heterocycles. The van der Waals surface area contributed by atoms with Crippen LogP contribution in [0.1, 0.15) is 6.92 Å². The number of carbonyl (C=O) groups excluding carboxylic acids is 1. The van der Waals surface area contributed by atoms with E-state index in [1.165, 1.54) is 23.0 Å². The highest BCUT2D eigenvalue weighted by molar-refractivity contribution is 6.35. The van der Waals surface area contributed by atoms with Gasteiger partial charge in [-0.15, -0.1) is 0 Å². The quantitative estimate of drug-likeness (QED) is 0.650. The van der Waals surface area contributed by atoms with Crippen molar-refractivity contribution in [2.24, 2.45) is 0 Å². The molecule has 0 spiro atoms. The molecule has 0 saturated heterocycles. The van der Waals surface area contributed by atoms with Gasteiger partial charge in [0, 0.05) is 16.7 Å². The summed E-state index contributed by atoms with van der Waals surface area (Å²) in [6.07, 6.45) is 1.34. The predicted octanol–water partition coefficient (Wildman–Crippen LogP) is 4.25. The Morgan fingerprint density at radius 2 is 1.89 bits per heavy atom. The SMILES string of the molecule is CCOc1ccc(-c2cc(=O)n(CC(=O)Nc3cc(Cl)ccc3Cl)cn2)cc1. The van der Waals surface area contributed by atoms with E-state index in [1.54, 1.807) is 12.1 Å². The number of rotatable bonds is 6. The van der Waals surface area contributed by atoms with Crippen LogP contribution in [0.3, 0.4) is 0 Å². The van der Waals surface area contributed by atoms with Crippen LogP contribution in [-0.2, 0) is 11.3 Å². The summed E-state index contributed by atoms with van der Waals surface area (Å²) in [6, 6.07) is 13.4. The Kier molecular flexibility index (Phi) is 6.34. The molecule has 0 atom stereocenters. The third kappa shape index (κ3) is 4.91. The summed E-state index contributed by atoms with van der Waals surface area (Å²) >= 11 is 11.9. The third-order valence-electron chi connectivity index (χ3n) is 3.86. The fourth-order valence-corrected chi connectivity index (χ4v) is 2.87. The smallest absolute Gasteiger partial charge is 0.254 e. The van der Waals surface area contributed by atoms with E-state index in [-0.39, 0.29) is 12.1 Å². The topological polar surface area (TPSA) is 73.2 Å². The average molecular weight is 418 g/mol.